The number of rotatable bonds is 16. The van der Waals surface area contributed by atoms with Crippen molar-refractivity contribution in [1.29, 1.82) is 0 Å². The van der Waals surface area contributed by atoms with Crippen LogP contribution in [0.2, 0.25) is 0 Å². The fourth-order valence-electron chi connectivity index (χ4n) is 2.62. The maximum atomic E-state index is 10.3. The van der Waals surface area contributed by atoms with Crippen LogP contribution in [-0.4, -0.2) is 16.7 Å². The fraction of sp³-hybridized carbons (Fsp3) is 0.944. The van der Waals surface area contributed by atoms with E-state index in [2.05, 4.69) is 6.92 Å². The molecular weight excluding hydrogens is 342 g/mol. The Balaban J connectivity index is 0. The van der Waals surface area contributed by atoms with Gasteiger partial charge in [-0.1, -0.05) is 71.1 Å². The summed E-state index contributed by atoms with van der Waals surface area (Å²) >= 11 is 12.7. The number of halogens is 2. The molecule has 0 saturated carbocycles. The van der Waals surface area contributed by atoms with Crippen molar-refractivity contribution in [1.82, 2.24) is 0 Å². The van der Waals surface area contributed by atoms with Crippen LogP contribution in [-0.2, 0) is 4.79 Å². The van der Waals surface area contributed by atoms with Gasteiger partial charge >= 0.3 is 29.6 Å². The predicted octanol–water partition coefficient (Wildman–Crippen LogP) is 2.44. The number of carboxylic acids is 1. The number of carbonyl (C=O) groups is 1. The molecule has 0 N–H and O–H groups in total. The van der Waals surface area contributed by atoms with Gasteiger partial charge in [0.2, 0.25) is 0 Å². The minimum Gasteiger partial charge on any atom is -0.550 e. The second-order valence-electron chi connectivity index (χ2n) is 6.27. The van der Waals surface area contributed by atoms with E-state index in [0.717, 1.165) is 44.9 Å². The van der Waals surface area contributed by atoms with Crippen LogP contribution in [0.4, 0.5) is 0 Å². The van der Waals surface area contributed by atoms with Crippen molar-refractivity contribution in [2.75, 3.05) is 0 Å². The molecule has 0 rings (SSSR count). The number of carbonyl (C=O) groups excluding carboxylic acids is 1. The molecular formula is C18H33Cl2NaO2. The molecule has 0 aliphatic rings. The number of carboxylic acid groups (broad SMARTS) is 1. The number of unbranched alkanes of at least 4 members (excludes halogenated alkanes) is 9. The van der Waals surface area contributed by atoms with Gasteiger partial charge in [-0.3, -0.25) is 0 Å². The Morgan fingerprint density at radius 1 is 0.783 bits per heavy atom. The van der Waals surface area contributed by atoms with E-state index in [0.29, 0.717) is 0 Å². The van der Waals surface area contributed by atoms with E-state index >= 15 is 0 Å². The van der Waals surface area contributed by atoms with Crippen LogP contribution in [0.1, 0.15) is 96.8 Å². The van der Waals surface area contributed by atoms with Crippen molar-refractivity contribution in [3.05, 3.63) is 0 Å². The molecule has 0 heterocycles. The van der Waals surface area contributed by atoms with E-state index in [1.165, 1.54) is 38.5 Å². The molecule has 2 atom stereocenters. The average Bonchev–Trinajstić information content (AvgIpc) is 2.49. The molecule has 2 unspecified atom stereocenters. The molecule has 2 nitrogen and oxygen atoms in total. The summed E-state index contributed by atoms with van der Waals surface area (Å²) in [6, 6.07) is 0. The molecule has 0 fully saturated rings. The van der Waals surface area contributed by atoms with Crippen LogP contribution in [0.5, 0.6) is 0 Å². The molecule has 23 heavy (non-hydrogen) atoms. The summed E-state index contributed by atoms with van der Waals surface area (Å²) in [6.45, 7) is 2.23. The van der Waals surface area contributed by atoms with Gasteiger partial charge in [0.1, 0.15) is 0 Å². The Morgan fingerprint density at radius 2 is 1.17 bits per heavy atom. The molecule has 0 aliphatic heterocycles. The summed E-state index contributed by atoms with van der Waals surface area (Å²) in [6.07, 6.45) is 14.8. The third-order valence-electron chi connectivity index (χ3n) is 4.09. The first-order valence-corrected chi connectivity index (χ1v) is 9.93. The zero-order chi connectivity index (χ0) is 16.6. The second-order valence-corrected chi connectivity index (χ2v) is 7.39. The topological polar surface area (TPSA) is 40.1 Å². The first kappa shape index (κ1) is 26.3. The smallest absolute Gasteiger partial charge is 0.550 e. The van der Waals surface area contributed by atoms with Crippen molar-refractivity contribution in [3.8, 4) is 0 Å². The van der Waals surface area contributed by atoms with E-state index in [1.54, 1.807) is 0 Å². The van der Waals surface area contributed by atoms with E-state index in [1.807, 2.05) is 0 Å². The predicted molar refractivity (Wildman–Crippen MR) is 94.6 cm³/mol. The summed E-state index contributed by atoms with van der Waals surface area (Å²) in [7, 11) is 0. The van der Waals surface area contributed by atoms with Gasteiger partial charge in [0.25, 0.3) is 0 Å². The van der Waals surface area contributed by atoms with Crippen molar-refractivity contribution >= 4 is 29.2 Å². The molecule has 0 saturated heterocycles. The number of aliphatic carboxylic acids is 1. The molecule has 132 valence electrons. The van der Waals surface area contributed by atoms with Crippen LogP contribution >= 0.6 is 23.2 Å². The summed E-state index contributed by atoms with van der Waals surface area (Å²) in [4.78, 5) is 10.3. The standard InChI is InChI=1S/C18H34Cl2O2.Na/c1-2-3-4-5-7-10-13-16(19)17(20)14-11-8-6-9-12-15-18(21)22;/h16-17H,2-15H2,1H3,(H,21,22);/q;+1/p-1. The molecule has 0 radical (unpaired) electrons. The van der Waals surface area contributed by atoms with E-state index < -0.39 is 5.97 Å². The van der Waals surface area contributed by atoms with Gasteiger partial charge in [-0.2, -0.15) is 0 Å². The van der Waals surface area contributed by atoms with Gasteiger partial charge in [0.05, 0.1) is 0 Å². The maximum Gasteiger partial charge on any atom is 1.00 e. The monoisotopic (exact) mass is 374 g/mol. The van der Waals surface area contributed by atoms with Crippen molar-refractivity contribution in [3.63, 3.8) is 0 Å². The third-order valence-corrected chi connectivity index (χ3v) is 5.26. The molecule has 0 aromatic heterocycles. The zero-order valence-electron chi connectivity index (χ0n) is 15.1. The molecule has 0 aliphatic carbocycles. The van der Waals surface area contributed by atoms with Crippen molar-refractivity contribution in [2.24, 2.45) is 0 Å². The Hall–Kier alpha value is 1.05. The van der Waals surface area contributed by atoms with Crippen LogP contribution < -0.4 is 34.7 Å². The minimum atomic E-state index is -0.944. The molecule has 0 aromatic rings. The van der Waals surface area contributed by atoms with E-state index in [-0.39, 0.29) is 46.7 Å². The normalized spacial score (nSPS) is 13.3. The van der Waals surface area contributed by atoms with E-state index in [9.17, 15) is 9.90 Å². The van der Waals surface area contributed by atoms with Gasteiger partial charge in [-0.05, 0) is 25.7 Å². The summed E-state index contributed by atoms with van der Waals surface area (Å²) in [5.41, 5.74) is 0. The Bertz CT molecular complexity index is 265. The van der Waals surface area contributed by atoms with Crippen molar-refractivity contribution < 1.29 is 39.5 Å². The Labute approximate surface area is 175 Å². The summed E-state index contributed by atoms with van der Waals surface area (Å²) in [5, 5.41) is 10.4. The molecule has 0 bridgehead atoms. The summed E-state index contributed by atoms with van der Waals surface area (Å²) in [5.74, 6) is -0.944. The molecule has 5 heteroatoms. The minimum absolute atomic E-state index is 0. The Kier molecular flexibility index (Phi) is 22.1. The Morgan fingerprint density at radius 3 is 1.61 bits per heavy atom. The van der Waals surface area contributed by atoms with Crippen molar-refractivity contribution in [2.45, 2.75) is 108 Å². The second kappa shape index (κ2) is 19.4. The SMILES string of the molecule is CCCCCCCCC(Cl)C(Cl)CCCCCCCC(=O)[O-].[Na+]. The maximum absolute atomic E-state index is 10.3. The number of alkyl halides is 2. The van der Waals surface area contributed by atoms with Gasteiger partial charge < -0.3 is 9.90 Å². The van der Waals surface area contributed by atoms with Gasteiger partial charge in [0.15, 0.2) is 0 Å². The van der Waals surface area contributed by atoms with E-state index in [4.69, 9.17) is 23.2 Å². The number of hydrogen-bond acceptors (Lipinski definition) is 2. The van der Waals surface area contributed by atoms with Crippen LogP contribution in [0.3, 0.4) is 0 Å². The third kappa shape index (κ3) is 19.2. The van der Waals surface area contributed by atoms with Crippen LogP contribution in [0.15, 0.2) is 0 Å². The van der Waals surface area contributed by atoms with Crippen LogP contribution in [0.25, 0.3) is 0 Å². The van der Waals surface area contributed by atoms with Gasteiger partial charge in [-0.25, -0.2) is 0 Å². The zero-order valence-corrected chi connectivity index (χ0v) is 18.6. The quantitative estimate of drug-likeness (QED) is 0.236. The largest absolute Gasteiger partial charge is 1.00 e. The molecule has 0 amide bonds. The fourth-order valence-corrected chi connectivity index (χ4v) is 3.18. The van der Waals surface area contributed by atoms with Gasteiger partial charge in [0, 0.05) is 16.7 Å². The first-order valence-electron chi connectivity index (χ1n) is 9.06. The number of hydrogen-bond donors (Lipinski definition) is 0. The van der Waals surface area contributed by atoms with Crippen LogP contribution in [0, 0.1) is 0 Å². The first-order chi connectivity index (χ1) is 10.6. The molecule has 0 aromatic carbocycles. The average molecular weight is 375 g/mol. The molecule has 0 spiro atoms. The summed E-state index contributed by atoms with van der Waals surface area (Å²) < 4.78 is 0. The van der Waals surface area contributed by atoms with Gasteiger partial charge in [-0.15, -0.1) is 23.2 Å².